The van der Waals surface area contributed by atoms with Gasteiger partial charge in [-0.1, -0.05) is 35.2 Å². The van der Waals surface area contributed by atoms with Crippen molar-refractivity contribution in [1.82, 2.24) is 0 Å². The molecule has 1 aromatic rings. The minimum absolute atomic E-state index is 0. The lowest BCUT2D eigenvalue weighted by Gasteiger charge is -2.29. The Morgan fingerprint density at radius 1 is 1.32 bits per heavy atom. The molecule has 1 aliphatic carbocycles. The van der Waals surface area contributed by atoms with E-state index in [2.05, 4.69) is 22.0 Å². The van der Waals surface area contributed by atoms with Crippen LogP contribution in [-0.2, 0) is 0 Å². The van der Waals surface area contributed by atoms with Crippen molar-refractivity contribution < 1.29 is 4.74 Å². The molecule has 2 rings (SSSR count). The molecule has 1 aliphatic rings. The van der Waals surface area contributed by atoms with Crippen LogP contribution >= 0.6 is 28.3 Å². The highest BCUT2D eigenvalue weighted by atomic mass is 79.9. The van der Waals surface area contributed by atoms with Crippen LogP contribution in [0.4, 0.5) is 0 Å². The molecule has 1 fully saturated rings. The van der Waals surface area contributed by atoms with Gasteiger partial charge in [-0.15, -0.1) is 12.4 Å². The zero-order valence-corrected chi connectivity index (χ0v) is 13.8. The molecule has 1 saturated carbocycles. The van der Waals surface area contributed by atoms with Crippen LogP contribution in [0.1, 0.15) is 50.6 Å². The van der Waals surface area contributed by atoms with Crippen molar-refractivity contribution in [2.24, 2.45) is 11.7 Å². The van der Waals surface area contributed by atoms with Gasteiger partial charge in [0.2, 0.25) is 0 Å². The first kappa shape index (κ1) is 16.8. The van der Waals surface area contributed by atoms with E-state index in [1.54, 1.807) is 0 Å². The summed E-state index contributed by atoms with van der Waals surface area (Å²) in [7, 11) is 0. The lowest BCUT2D eigenvalue weighted by molar-refractivity contribution is 0.292. The Hall–Kier alpha value is -0.250. The minimum Gasteiger partial charge on any atom is -0.494 e. The second-order valence-electron chi connectivity index (χ2n) is 5.04. The molecule has 1 aromatic carbocycles. The van der Waals surface area contributed by atoms with E-state index in [4.69, 9.17) is 10.5 Å². The van der Waals surface area contributed by atoms with Crippen molar-refractivity contribution in [1.29, 1.82) is 0 Å². The molecule has 0 saturated heterocycles. The second kappa shape index (κ2) is 8.13. The lowest BCUT2D eigenvalue weighted by Crippen LogP contribution is -2.24. The van der Waals surface area contributed by atoms with Crippen molar-refractivity contribution in [2.45, 2.75) is 45.1 Å². The first-order valence-electron chi connectivity index (χ1n) is 6.90. The monoisotopic (exact) mass is 347 g/mol. The van der Waals surface area contributed by atoms with Crippen LogP contribution in [0.5, 0.6) is 5.75 Å². The third-order valence-electron chi connectivity index (χ3n) is 3.79. The third-order valence-corrected chi connectivity index (χ3v) is 4.28. The Morgan fingerprint density at radius 3 is 2.63 bits per heavy atom. The van der Waals surface area contributed by atoms with Crippen molar-refractivity contribution in [3.8, 4) is 5.75 Å². The summed E-state index contributed by atoms with van der Waals surface area (Å²) in [5.41, 5.74) is 7.62. The standard InChI is InChI=1S/C15H22BrNO.ClH/c1-2-18-14-9-8-12(16)10-13(14)15(17)11-6-4-3-5-7-11;/h8-11,15H,2-7,17H2,1H3;1H/t15-;/m1./s1. The molecule has 4 heteroatoms. The lowest BCUT2D eigenvalue weighted by atomic mass is 9.81. The molecule has 0 aliphatic heterocycles. The van der Waals surface area contributed by atoms with Crippen molar-refractivity contribution in [3.63, 3.8) is 0 Å². The highest BCUT2D eigenvalue weighted by Crippen LogP contribution is 2.37. The summed E-state index contributed by atoms with van der Waals surface area (Å²) >= 11 is 3.53. The van der Waals surface area contributed by atoms with E-state index < -0.39 is 0 Å². The Kier molecular flexibility index (Phi) is 7.19. The van der Waals surface area contributed by atoms with E-state index in [1.807, 2.05) is 19.1 Å². The average molecular weight is 349 g/mol. The molecular formula is C15H23BrClNO. The molecule has 0 amide bonds. The smallest absolute Gasteiger partial charge is 0.124 e. The van der Waals surface area contributed by atoms with Gasteiger partial charge in [0, 0.05) is 16.1 Å². The largest absolute Gasteiger partial charge is 0.494 e. The van der Waals surface area contributed by atoms with Gasteiger partial charge in [-0.3, -0.25) is 0 Å². The fourth-order valence-electron chi connectivity index (χ4n) is 2.81. The predicted octanol–water partition coefficient (Wildman–Crippen LogP) is 4.85. The first-order valence-corrected chi connectivity index (χ1v) is 7.69. The highest BCUT2D eigenvalue weighted by Gasteiger charge is 2.24. The normalized spacial score (nSPS) is 17.6. The maximum absolute atomic E-state index is 6.47. The van der Waals surface area contributed by atoms with E-state index >= 15 is 0 Å². The fraction of sp³-hybridized carbons (Fsp3) is 0.600. The van der Waals surface area contributed by atoms with Crippen molar-refractivity contribution >= 4 is 28.3 Å². The van der Waals surface area contributed by atoms with Crippen molar-refractivity contribution in [3.05, 3.63) is 28.2 Å². The average Bonchev–Trinajstić information content (AvgIpc) is 2.41. The van der Waals surface area contributed by atoms with Crippen LogP contribution < -0.4 is 10.5 Å². The number of nitrogens with two attached hydrogens (primary N) is 1. The Labute approximate surface area is 130 Å². The van der Waals surface area contributed by atoms with Gasteiger partial charge in [-0.05, 0) is 43.9 Å². The second-order valence-corrected chi connectivity index (χ2v) is 5.95. The molecule has 108 valence electrons. The van der Waals surface area contributed by atoms with Gasteiger partial charge in [0.05, 0.1) is 6.61 Å². The molecule has 0 radical (unpaired) electrons. The molecule has 0 heterocycles. The molecule has 2 N–H and O–H groups in total. The number of halogens is 2. The molecule has 19 heavy (non-hydrogen) atoms. The highest BCUT2D eigenvalue weighted by molar-refractivity contribution is 9.10. The van der Waals surface area contributed by atoms with Gasteiger partial charge < -0.3 is 10.5 Å². The van der Waals surface area contributed by atoms with Gasteiger partial charge in [-0.2, -0.15) is 0 Å². The zero-order valence-electron chi connectivity index (χ0n) is 11.4. The number of hydrogen-bond donors (Lipinski definition) is 1. The minimum atomic E-state index is 0. The van der Waals surface area contributed by atoms with Crippen LogP contribution in [0, 0.1) is 5.92 Å². The Morgan fingerprint density at radius 2 is 2.00 bits per heavy atom. The third kappa shape index (κ3) is 4.37. The topological polar surface area (TPSA) is 35.2 Å². The molecule has 2 nitrogen and oxygen atoms in total. The number of ether oxygens (including phenoxy) is 1. The van der Waals surface area contributed by atoms with Crippen LogP contribution in [-0.4, -0.2) is 6.61 Å². The van der Waals surface area contributed by atoms with E-state index in [-0.39, 0.29) is 18.4 Å². The van der Waals surface area contributed by atoms with E-state index in [0.29, 0.717) is 12.5 Å². The molecular weight excluding hydrogens is 326 g/mol. The van der Waals surface area contributed by atoms with E-state index in [9.17, 15) is 0 Å². The maximum Gasteiger partial charge on any atom is 0.124 e. The van der Waals surface area contributed by atoms with Gasteiger partial charge in [0.25, 0.3) is 0 Å². The fourth-order valence-corrected chi connectivity index (χ4v) is 3.19. The summed E-state index contributed by atoms with van der Waals surface area (Å²) in [6, 6.07) is 6.25. The summed E-state index contributed by atoms with van der Waals surface area (Å²) in [6.07, 6.45) is 6.49. The Balaban J connectivity index is 0.00000180. The van der Waals surface area contributed by atoms with E-state index in [0.717, 1.165) is 15.8 Å². The van der Waals surface area contributed by atoms with Crippen LogP contribution in [0.25, 0.3) is 0 Å². The van der Waals surface area contributed by atoms with Gasteiger partial charge in [0.1, 0.15) is 5.75 Å². The summed E-state index contributed by atoms with van der Waals surface area (Å²) in [5.74, 6) is 1.55. The summed E-state index contributed by atoms with van der Waals surface area (Å²) < 4.78 is 6.78. The summed E-state index contributed by atoms with van der Waals surface area (Å²) in [4.78, 5) is 0. The first-order chi connectivity index (χ1) is 8.72. The zero-order chi connectivity index (χ0) is 13.0. The molecule has 0 spiro atoms. The molecule has 0 unspecified atom stereocenters. The quantitative estimate of drug-likeness (QED) is 0.844. The van der Waals surface area contributed by atoms with Crippen LogP contribution in [0.2, 0.25) is 0 Å². The van der Waals surface area contributed by atoms with Gasteiger partial charge >= 0.3 is 0 Å². The summed E-state index contributed by atoms with van der Waals surface area (Å²) in [5, 5.41) is 0. The molecule has 0 aromatic heterocycles. The number of benzene rings is 1. The van der Waals surface area contributed by atoms with Crippen molar-refractivity contribution in [2.75, 3.05) is 6.61 Å². The Bertz CT molecular complexity index is 394. The van der Waals surface area contributed by atoms with Gasteiger partial charge in [0.15, 0.2) is 0 Å². The van der Waals surface area contributed by atoms with Crippen LogP contribution in [0.15, 0.2) is 22.7 Å². The molecule has 0 bridgehead atoms. The maximum atomic E-state index is 6.47. The van der Waals surface area contributed by atoms with Gasteiger partial charge in [-0.25, -0.2) is 0 Å². The van der Waals surface area contributed by atoms with E-state index in [1.165, 1.54) is 32.1 Å². The summed E-state index contributed by atoms with van der Waals surface area (Å²) in [6.45, 7) is 2.70. The molecule has 1 atom stereocenters. The predicted molar refractivity (Wildman–Crippen MR) is 86.1 cm³/mol. The number of rotatable bonds is 4. The number of hydrogen-bond acceptors (Lipinski definition) is 2. The van der Waals surface area contributed by atoms with Crippen LogP contribution in [0.3, 0.4) is 0 Å². The SMILES string of the molecule is CCOc1ccc(Br)cc1[C@H](N)C1CCCCC1.Cl.